The van der Waals surface area contributed by atoms with Crippen LogP contribution in [0, 0.1) is 5.92 Å². The Bertz CT molecular complexity index is 353. The third-order valence-electron chi connectivity index (χ3n) is 3.14. The Morgan fingerprint density at radius 3 is 3.06 bits per heavy atom. The molecule has 1 aliphatic rings. The van der Waals surface area contributed by atoms with Crippen molar-refractivity contribution in [2.75, 3.05) is 13.2 Å². The first-order valence-electron chi connectivity index (χ1n) is 6.26. The lowest BCUT2D eigenvalue weighted by Crippen LogP contribution is -2.34. The molecule has 1 N–H and O–H groups in total. The lowest BCUT2D eigenvalue weighted by Gasteiger charge is -2.32. The Hall–Kier alpha value is 0.100. The zero-order chi connectivity index (χ0) is 12.3. The van der Waals surface area contributed by atoms with Gasteiger partial charge in [-0.25, -0.2) is 0 Å². The summed E-state index contributed by atoms with van der Waals surface area (Å²) in [5.41, 5.74) is 0. The third-order valence-corrected chi connectivity index (χ3v) is 5.07. The maximum atomic E-state index is 5.99. The highest BCUT2D eigenvalue weighted by Gasteiger charge is 2.29. The molecular weight excluding hydrogens is 298 g/mol. The molecular formula is C13H20BrNOS. The summed E-state index contributed by atoms with van der Waals surface area (Å²) < 4.78 is 7.19. The number of hydrogen-bond acceptors (Lipinski definition) is 3. The van der Waals surface area contributed by atoms with Gasteiger partial charge in [-0.05, 0) is 40.2 Å². The highest BCUT2D eigenvalue weighted by atomic mass is 79.9. The number of ether oxygens (including phenoxy) is 1. The van der Waals surface area contributed by atoms with E-state index in [1.54, 1.807) is 11.3 Å². The van der Waals surface area contributed by atoms with E-state index in [0.717, 1.165) is 13.2 Å². The summed E-state index contributed by atoms with van der Waals surface area (Å²) in [6, 6.07) is 2.66. The van der Waals surface area contributed by atoms with Crippen molar-refractivity contribution in [1.82, 2.24) is 5.32 Å². The van der Waals surface area contributed by atoms with Gasteiger partial charge in [0.2, 0.25) is 0 Å². The SMILES string of the molecule is CC(C)NCC1CCCOC1c1sccc1Br. The third kappa shape index (κ3) is 3.53. The van der Waals surface area contributed by atoms with Crippen LogP contribution in [0.5, 0.6) is 0 Å². The fourth-order valence-corrected chi connectivity index (χ4v) is 3.98. The lowest BCUT2D eigenvalue weighted by molar-refractivity contribution is -0.0264. The lowest BCUT2D eigenvalue weighted by atomic mass is 9.93. The summed E-state index contributed by atoms with van der Waals surface area (Å²) in [5, 5.41) is 5.67. The summed E-state index contributed by atoms with van der Waals surface area (Å²) in [5.74, 6) is 0.598. The Balaban J connectivity index is 2.04. The minimum atomic E-state index is 0.268. The Kier molecular flexibility index (Phi) is 5.03. The topological polar surface area (TPSA) is 21.3 Å². The predicted octanol–water partition coefficient (Wildman–Crippen LogP) is 3.98. The van der Waals surface area contributed by atoms with E-state index in [1.165, 1.54) is 22.2 Å². The molecule has 17 heavy (non-hydrogen) atoms. The predicted molar refractivity (Wildman–Crippen MR) is 76.6 cm³/mol. The van der Waals surface area contributed by atoms with Crippen LogP contribution >= 0.6 is 27.3 Å². The van der Waals surface area contributed by atoms with Gasteiger partial charge in [-0.1, -0.05) is 13.8 Å². The first-order valence-corrected chi connectivity index (χ1v) is 7.93. The molecule has 0 saturated carbocycles. The minimum absolute atomic E-state index is 0.268. The molecule has 2 atom stereocenters. The van der Waals surface area contributed by atoms with Crippen LogP contribution in [0.3, 0.4) is 0 Å². The molecule has 2 nitrogen and oxygen atoms in total. The second kappa shape index (κ2) is 6.32. The largest absolute Gasteiger partial charge is 0.372 e. The van der Waals surface area contributed by atoms with Crippen LogP contribution in [0.25, 0.3) is 0 Å². The van der Waals surface area contributed by atoms with Gasteiger partial charge in [-0.3, -0.25) is 0 Å². The molecule has 2 rings (SSSR count). The van der Waals surface area contributed by atoms with Crippen LogP contribution in [0.4, 0.5) is 0 Å². The van der Waals surface area contributed by atoms with Gasteiger partial charge in [-0.15, -0.1) is 11.3 Å². The molecule has 2 unspecified atom stereocenters. The van der Waals surface area contributed by atoms with Gasteiger partial charge in [0.1, 0.15) is 0 Å². The van der Waals surface area contributed by atoms with Crippen molar-refractivity contribution >= 4 is 27.3 Å². The zero-order valence-corrected chi connectivity index (χ0v) is 12.8. The van der Waals surface area contributed by atoms with Crippen LogP contribution in [0.1, 0.15) is 37.7 Å². The van der Waals surface area contributed by atoms with Gasteiger partial charge in [0.15, 0.2) is 0 Å². The van der Waals surface area contributed by atoms with Gasteiger partial charge >= 0.3 is 0 Å². The molecule has 0 spiro atoms. The molecule has 1 aromatic rings. The van der Waals surface area contributed by atoms with E-state index in [-0.39, 0.29) is 6.10 Å². The summed E-state index contributed by atoms with van der Waals surface area (Å²) >= 11 is 5.41. The van der Waals surface area contributed by atoms with E-state index in [2.05, 4.69) is 46.5 Å². The van der Waals surface area contributed by atoms with E-state index in [1.807, 2.05) is 0 Å². The summed E-state index contributed by atoms with van der Waals surface area (Å²) in [6.45, 7) is 6.33. The Labute approximate surface area is 116 Å². The normalized spacial score (nSPS) is 25.4. The molecule has 0 amide bonds. The van der Waals surface area contributed by atoms with Gasteiger partial charge in [0, 0.05) is 34.5 Å². The summed E-state index contributed by atoms with van der Waals surface area (Å²) in [7, 11) is 0. The van der Waals surface area contributed by atoms with E-state index in [4.69, 9.17) is 4.74 Å². The minimum Gasteiger partial charge on any atom is -0.372 e. The van der Waals surface area contributed by atoms with Crippen molar-refractivity contribution in [3.63, 3.8) is 0 Å². The average molecular weight is 318 g/mol. The number of hydrogen-bond donors (Lipinski definition) is 1. The maximum Gasteiger partial charge on any atom is 0.0968 e. The van der Waals surface area contributed by atoms with Crippen molar-refractivity contribution in [2.24, 2.45) is 5.92 Å². The van der Waals surface area contributed by atoms with Gasteiger partial charge in [0.05, 0.1) is 6.10 Å². The molecule has 1 aromatic heterocycles. The van der Waals surface area contributed by atoms with Crippen LogP contribution in [-0.2, 0) is 4.74 Å². The quantitative estimate of drug-likeness (QED) is 0.907. The number of rotatable bonds is 4. The van der Waals surface area contributed by atoms with Crippen LogP contribution in [0.2, 0.25) is 0 Å². The average Bonchev–Trinajstić information content (AvgIpc) is 2.73. The zero-order valence-electron chi connectivity index (χ0n) is 10.4. The first-order chi connectivity index (χ1) is 8.18. The van der Waals surface area contributed by atoms with Crippen molar-refractivity contribution in [3.05, 3.63) is 20.8 Å². The molecule has 0 aromatic carbocycles. The van der Waals surface area contributed by atoms with Gasteiger partial charge in [0.25, 0.3) is 0 Å². The summed E-state index contributed by atoms with van der Waals surface area (Å²) in [6.07, 6.45) is 2.71. The van der Waals surface area contributed by atoms with E-state index in [0.29, 0.717) is 12.0 Å². The molecule has 1 saturated heterocycles. The standard InChI is InChI=1S/C13H20BrNOS/c1-9(2)15-8-10-4-3-6-16-12(10)13-11(14)5-7-17-13/h5,7,9-10,12,15H,3-4,6,8H2,1-2H3. The number of thiophene rings is 1. The Morgan fingerprint density at radius 1 is 1.59 bits per heavy atom. The second-order valence-corrected chi connectivity index (χ2v) is 6.69. The van der Waals surface area contributed by atoms with Crippen molar-refractivity contribution in [2.45, 2.75) is 38.8 Å². The fraction of sp³-hybridized carbons (Fsp3) is 0.692. The Morgan fingerprint density at radius 2 is 2.41 bits per heavy atom. The second-order valence-electron chi connectivity index (χ2n) is 4.89. The van der Waals surface area contributed by atoms with Crippen LogP contribution in [0.15, 0.2) is 15.9 Å². The van der Waals surface area contributed by atoms with Crippen molar-refractivity contribution < 1.29 is 4.74 Å². The van der Waals surface area contributed by atoms with E-state index >= 15 is 0 Å². The molecule has 96 valence electrons. The maximum absolute atomic E-state index is 5.99. The van der Waals surface area contributed by atoms with Crippen LogP contribution in [-0.4, -0.2) is 19.2 Å². The molecule has 2 heterocycles. The highest BCUT2D eigenvalue weighted by Crippen LogP contribution is 2.39. The molecule has 0 aliphatic carbocycles. The van der Waals surface area contributed by atoms with Gasteiger partial charge in [-0.2, -0.15) is 0 Å². The molecule has 0 bridgehead atoms. The first kappa shape index (κ1) is 13.5. The van der Waals surface area contributed by atoms with Crippen molar-refractivity contribution in [1.29, 1.82) is 0 Å². The monoisotopic (exact) mass is 317 g/mol. The fourth-order valence-electron chi connectivity index (χ4n) is 2.24. The number of halogens is 1. The van der Waals surface area contributed by atoms with Crippen LogP contribution < -0.4 is 5.32 Å². The van der Waals surface area contributed by atoms with E-state index in [9.17, 15) is 0 Å². The number of nitrogens with one attached hydrogen (secondary N) is 1. The molecule has 0 radical (unpaired) electrons. The van der Waals surface area contributed by atoms with Crippen molar-refractivity contribution in [3.8, 4) is 0 Å². The molecule has 1 aliphatic heterocycles. The van der Waals surface area contributed by atoms with Gasteiger partial charge < -0.3 is 10.1 Å². The summed E-state index contributed by atoms with van der Waals surface area (Å²) in [4.78, 5) is 1.35. The smallest absolute Gasteiger partial charge is 0.0968 e. The molecule has 1 fully saturated rings. The molecule has 4 heteroatoms. The highest BCUT2D eigenvalue weighted by molar-refractivity contribution is 9.10. The van der Waals surface area contributed by atoms with E-state index < -0.39 is 0 Å².